The number of anilines is 1. The van der Waals surface area contributed by atoms with Crippen LogP contribution in [0.1, 0.15) is 23.1 Å². The van der Waals surface area contributed by atoms with Gasteiger partial charge >= 0.3 is 0 Å². The van der Waals surface area contributed by atoms with Crippen LogP contribution in [0.15, 0.2) is 72.8 Å². The van der Waals surface area contributed by atoms with Crippen molar-refractivity contribution in [3.8, 4) is 11.3 Å². The van der Waals surface area contributed by atoms with Crippen LogP contribution in [0.5, 0.6) is 0 Å². The Hall–Kier alpha value is -2.88. The largest absolute Gasteiger partial charge is 0.366 e. The van der Waals surface area contributed by atoms with Gasteiger partial charge in [0.2, 0.25) is 0 Å². The summed E-state index contributed by atoms with van der Waals surface area (Å²) in [6.07, 6.45) is 2.13. The predicted octanol–water partition coefficient (Wildman–Crippen LogP) is 5.97. The predicted molar refractivity (Wildman–Crippen MR) is 126 cm³/mol. The highest BCUT2D eigenvalue weighted by Gasteiger charge is 2.24. The fourth-order valence-electron chi connectivity index (χ4n) is 4.41. The van der Waals surface area contributed by atoms with Gasteiger partial charge in [-0.3, -0.25) is 0 Å². The topological polar surface area (TPSA) is 42.1 Å². The lowest BCUT2D eigenvalue weighted by Crippen LogP contribution is -2.29. The monoisotopic (exact) mass is 413 g/mol. The van der Waals surface area contributed by atoms with Crippen molar-refractivity contribution in [1.29, 1.82) is 0 Å². The van der Waals surface area contributed by atoms with E-state index in [0.29, 0.717) is 6.54 Å². The van der Waals surface area contributed by atoms with E-state index in [1.807, 2.05) is 12.1 Å². The van der Waals surface area contributed by atoms with Gasteiger partial charge in [0.15, 0.2) is 0 Å². The Morgan fingerprint density at radius 2 is 1.73 bits per heavy atom. The molecule has 0 atom stereocenters. The minimum absolute atomic E-state index is 0.549. The molecule has 0 spiro atoms. The molecule has 5 rings (SSSR count). The summed E-state index contributed by atoms with van der Waals surface area (Å²) in [5.41, 5.74) is 14.0. The third-order valence-electron chi connectivity index (χ3n) is 5.87. The van der Waals surface area contributed by atoms with Crippen LogP contribution < -0.4 is 10.6 Å². The Bertz CT molecular complexity index is 1190. The molecule has 0 unspecified atom stereocenters. The Morgan fingerprint density at radius 3 is 2.50 bits per heavy atom. The molecule has 0 saturated carbocycles. The van der Waals surface area contributed by atoms with Gasteiger partial charge in [0.05, 0.1) is 16.9 Å². The first-order valence-electron chi connectivity index (χ1n) is 10.4. The number of hydrogen-bond donors (Lipinski definition) is 1. The van der Waals surface area contributed by atoms with Crippen molar-refractivity contribution < 1.29 is 0 Å². The third kappa shape index (κ3) is 3.55. The molecule has 0 amide bonds. The Morgan fingerprint density at radius 1 is 0.933 bits per heavy atom. The molecule has 1 aliphatic rings. The Kier molecular flexibility index (Phi) is 5.16. The summed E-state index contributed by atoms with van der Waals surface area (Å²) in [6, 6.07) is 25.2. The van der Waals surface area contributed by atoms with E-state index in [-0.39, 0.29) is 0 Å². The second-order valence-electron chi connectivity index (χ2n) is 7.86. The average Bonchev–Trinajstić information content (AvgIpc) is 2.79. The van der Waals surface area contributed by atoms with E-state index in [1.165, 1.54) is 16.8 Å². The van der Waals surface area contributed by atoms with Crippen molar-refractivity contribution in [2.24, 2.45) is 5.73 Å². The lowest BCUT2D eigenvalue weighted by Gasteiger charge is -2.34. The summed E-state index contributed by atoms with van der Waals surface area (Å²) in [7, 11) is 0. The molecule has 1 aromatic heterocycles. The van der Waals surface area contributed by atoms with E-state index in [2.05, 4.69) is 65.6 Å². The smallest absolute Gasteiger partial charge is 0.0762 e. The third-order valence-corrected chi connectivity index (χ3v) is 6.10. The molecule has 30 heavy (non-hydrogen) atoms. The van der Waals surface area contributed by atoms with Crippen LogP contribution in [0.3, 0.4) is 0 Å². The van der Waals surface area contributed by atoms with Crippen molar-refractivity contribution >= 4 is 28.2 Å². The van der Waals surface area contributed by atoms with E-state index in [0.717, 1.165) is 58.7 Å². The van der Waals surface area contributed by atoms with Gasteiger partial charge in [-0.05, 0) is 42.2 Å². The number of pyridine rings is 1. The van der Waals surface area contributed by atoms with Crippen LogP contribution in [-0.2, 0) is 19.5 Å². The highest BCUT2D eigenvalue weighted by atomic mass is 35.5. The average molecular weight is 414 g/mol. The van der Waals surface area contributed by atoms with Crippen molar-refractivity contribution in [3.05, 3.63) is 94.5 Å². The number of fused-ring (bicyclic) bond motifs is 3. The molecule has 0 bridgehead atoms. The number of halogens is 1. The summed E-state index contributed by atoms with van der Waals surface area (Å²) in [4.78, 5) is 7.57. The summed E-state index contributed by atoms with van der Waals surface area (Å²) in [6.45, 7) is 2.46. The molecule has 0 fully saturated rings. The van der Waals surface area contributed by atoms with Crippen LogP contribution >= 0.6 is 11.6 Å². The number of rotatable bonds is 4. The highest BCUT2D eigenvalue weighted by Crippen LogP contribution is 2.41. The lowest BCUT2D eigenvalue weighted by atomic mass is 9.93. The minimum atomic E-state index is 0.549. The quantitative estimate of drug-likeness (QED) is 0.448. The molecule has 4 aromatic rings. The van der Waals surface area contributed by atoms with E-state index in [4.69, 9.17) is 22.3 Å². The van der Waals surface area contributed by atoms with Crippen LogP contribution in [0.25, 0.3) is 22.2 Å². The van der Waals surface area contributed by atoms with E-state index >= 15 is 0 Å². The zero-order valence-corrected chi connectivity index (χ0v) is 17.6. The van der Waals surface area contributed by atoms with E-state index in [9.17, 15) is 0 Å². The van der Waals surface area contributed by atoms with Gasteiger partial charge in [-0.1, -0.05) is 66.2 Å². The normalized spacial score (nSPS) is 13.5. The van der Waals surface area contributed by atoms with Crippen LogP contribution in [-0.4, -0.2) is 11.5 Å². The molecular formula is C26H24ClN3. The lowest BCUT2D eigenvalue weighted by molar-refractivity contribution is 0.693. The number of nitrogens with zero attached hydrogens (tertiary/aromatic N) is 2. The summed E-state index contributed by atoms with van der Waals surface area (Å²) in [5, 5.41) is 1.88. The summed E-state index contributed by atoms with van der Waals surface area (Å²) < 4.78 is 0. The first kappa shape index (κ1) is 19.1. The zero-order chi connectivity index (χ0) is 20.5. The SMILES string of the molecule is NCc1ccc(-c2nc3ccc(Cl)cc3c3c2CCCN3Cc2ccccc2)cc1. The molecule has 0 radical (unpaired) electrons. The summed E-state index contributed by atoms with van der Waals surface area (Å²) >= 11 is 6.40. The van der Waals surface area contributed by atoms with Gasteiger partial charge in [0.25, 0.3) is 0 Å². The molecule has 3 nitrogen and oxygen atoms in total. The standard InChI is InChI=1S/C26H24ClN3/c27-21-12-13-24-23(15-21)26-22(25(29-24)20-10-8-18(16-28)9-11-20)7-4-14-30(26)17-19-5-2-1-3-6-19/h1-3,5-6,8-13,15H,4,7,14,16-17,28H2. The van der Waals surface area contributed by atoms with Crippen molar-refractivity contribution in [1.82, 2.24) is 4.98 Å². The van der Waals surface area contributed by atoms with Crippen LogP contribution in [0, 0.1) is 0 Å². The Labute approximate surface area is 182 Å². The molecule has 2 heterocycles. The maximum absolute atomic E-state index is 6.40. The molecule has 0 saturated heterocycles. The molecule has 3 aromatic carbocycles. The fourth-order valence-corrected chi connectivity index (χ4v) is 4.59. The zero-order valence-electron chi connectivity index (χ0n) is 16.8. The molecule has 4 heteroatoms. The maximum Gasteiger partial charge on any atom is 0.0762 e. The molecular weight excluding hydrogens is 390 g/mol. The van der Waals surface area contributed by atoms with Gasteiger partial charge in [-0.2, -0.15) is 0 Å². The van der Waals surface area contributed by atoms with Crippen LogP contribution in [0.2, 0.25) is 5.02 Å². The van der Waals surface area contributed by atoms with Crippen molar-refractivity contribution in [2.45, 2.75) is 25.9 Å². The molecule has 150 valence electrons. The maximum atomic E-state index is 6.40. The Balaban J connectivity index is 1.70. The molecule has 1 aliphatic heterocycles. The number of nitrogens with two attached hydrogens (primary N) is 1. The number of benzene rings is 3. The van der Waals surface area contributed by atoms with Gasteiger partial charge in [-0.25, -0.2) is 4.98 Å². The number of aromatic nitrogens is 1. The molecule has 0 aliphatic carbocycles. The van der Waals surface area contributed by atoms with Gasteiger partial charge in [0.1, 0.15) is 0 Å². The molecule has 2 N–H and O–H groups in total. The van der Waals surface area contributed by atoms with Gasteiger partial charge < -0.3 is 10.6 Å². The highest BCUT2D eigenvalue weighted by molar-refractivity contribution is 6.31. The van der Waals surface area contributed by atoms with Crippen LogP contribution in [0.4, 0.5) is 5.69 Å². The van der Waals surface area contributed by atoms with Crippen molar-refractivity contribution in [2.75, 3.05) is 11.4 Å². The van der Waals surface area contributed by atoms with Gasteiger partial charge in [-0.15, -0.1) is 0 Å². The second kappa shape index (κ2) is 8.10. The first-order valence-corrected chi connectivity index (χ1v) is 10.8. The first-order chi connectivity index (χ1) is 14.7. The van der Waals surface area contributed by atoms with E-state index < -0.39 is 0 Å². The fraction of sp³-hybridized carbons (Fsp3) is 0.192. The second-order valence-corrected chi connectivity index (χ2v) is 8.30. The van der Waals surface area contributed by atoms with Crippen molar-refractivity contribution in [3.63, 3.8) is 0 Å². The van der Waals surface area contributed by atoms with E-state index in [1.54, 1.807) is 0 Å². The summed E-state index contributed by atoms with van der Waals surface area (Å²) in [5.74, 6) is 0. The van der Waals surface area contributed by atoms with Gasteiger partial charge in [0, 0.05) is 41.2 Å². The minimum Gasteiger partial charge on any atom is -0.366 e. The number of hydrogen-bond acceptors (Lipinski definition) is 3.